The zero-order valence-corrected chi connectivity index (χ0v) is 17.5. The lowest BCUT2D eigenvalue weighted by Crippen LogP contribution is -2.35. The molecule has 0 radical (unpaired) electrons. The Morgan fingerprint density at radius 1 is 1.03 bits per heavy atom. The molecule has 1 atom stereocenters. The lowest BCUT2D eigenvalue weighted by molar-refractivity contribution is -0.119. The average molecular weight is 432 g/mol. The number of benzene rings is 1. The second kappa shape index (κ2) is 8.55. The monoisotopic (exact) mass is 431 g/mol. The molecule has 0 aliphatic carbocycles. The molecule has 2 aromatic rings. The molecule has 2 fully saturated rings. The van der Waals surface area contributed by atoms with E-state index in [0.717, 1.165) is 30.8 Å². The molecule has 2 aliphatic rings. The van der Waals surface area contributed by atoms with Crippen molar-refractivity contribution in [1.29, 1.82) is 0 Å². The summed E-state index contributed by atoms with van der Waals surface area (Å²) in [5.74, 6) is 0.0999. The zero-order valence-electron chi connectivity index (χ0n) is 15.9. The highest BCUT2D eigenvalue weighted by molar-refractivity contribution is 7.18. The van der Waals surface area contributed by atoms with Crippen molar-refractivity contribution in [2.24, 2.45) is 5.92 Å². The molecule has 152 valence electrons. The number of nitrogens with zero attached hydrogens (tertiary/aromatic N) is 2. The average Bonchev–Trinajstić information content (AvgIpc) is 3.32. The zero-order chi connectivity index (χ0) is 20.4. The van der Waals surface area contributed by atoms with Gasteiger partial charge in [-0.15, -0.1) is 11.3 Å². The predicted molar refractivity (Wildman–Crippen MR) is 115 cm³/mol. The minimum atomic E-state index is -0.164. The van der Waals surface area contributed by atoms with Gasteiger partial charge in [0.15, 0.2) is 0 Å². The van der Waals surface area contributed by atoms with Crippen molar-refractivity contribution < 1.29 is 14.4 Å². The third-order valence-corrected chi connectivity index (χ3v) is 6.58. The van der Waals surface area contributed by atoms with Crippen LogP contribution in [-0.2, 0) is 9.59 Å². The van der Waals surface area contributed by atoms with E-state index >= 15 is 0 Å². The number of piperidine rings is 1. The third kappa shape index (κ3) is 4.46. The van der Waals surface area contributed by atoms with Gasteiger partial charge >= 0.3 is 0 Å². The van der Waals surface area contributed by atoms with Crippen molar-refractivity contribution in [1.82, 2.24) is 5.32 Å². The molecule has 0 spiro atoms. The van der Waals surface area contributed by atoms with Crippen LogP contribution in [0.2, 0.25) is 4.34 Å². The number of hydrogen-bond donors (Lipinski definition) is 1. The highest BCUT2D eigenvalue weighted by Gasteiger charge is 2.31. The van der Waals surface area contributed by atoms with Gasteiger partial charge < -0.3 is 15.1 Å². The van der Waals surface area contributed by atoms with E-state index in [0.29, 0.717) is 35.1 Å². The summed E-state index contributed by atoms with van der Waals surface area (Å²) in [6.07, 6.45) is 2.96. The Bertz CT molecular complexity index is 928. The largest absolute Gasteiger partial charge is 0.351 e. The molecule has 8 heteroatoms. The van der Waals surface area contributed by atoms with Crippen LogP contribution in [0.5, 0.6) is 0 Å². The van der Waals surface area contributed by atoms with Gasteiger partial charge in [-0.3, -0.25) is 14.4 Å². The van der Waals surface area contributed by atoms with Crippen LogP contribution in [0.1, 0.15) is 35.4 Å². The van der Waals surface area contributed by atoms with Crippen molar-refractivity contribution in [3.05, 3.63) is 45.6 Å². The molecule has 3 amide bonds. The fourth-order valence-corrected chi connectivity index (χ4v) is 4.78. The first-order valence-corrected chi connectivity index (χ1v) is 10.9. The number of halogens is 1. The summed E-state index contributed by atoms with van der Waals surface area (Å²) in [5.41, 5.74) is 1.70. The minimum Gasteiger partial charge on any atom is -0.351 e. The van der Waals surface area contributed by atoms with Crippen LogP contribution >= 0.6 is 22.9 Å². The Morgan fingerprint density at radius 3 is 2.41 bits per heavy atom. The summed E-state index contributed by atoms with van der Waals surface area (Å²) in [6, 6.07) is 11.0. The minimum absolute atomic E-state index is 0.0465. The van der Waals surface area contributed by atoms with E-state index in [1.54, 1.807) is 17.0 Å². The molecule has 1 aromatic carbocycles. The summed E-state index contributed by atoms with van der Waals surface area (Å²) in [6.45, 7) is 1.75. The first-order valence-electron chi connectivity index (χ1n) is 9.75. The van der Waals surface area contributed by atoms with E-state index in [-0.39, 0.29) is 23.6 Å². The molecule has 1 N–H and O–H groups in total. The van der Waals surface area contributed by atoms with Crippen molar-refractivity contribution >= 4 is 52.0 Å². The lowest BCUT2D eigenvalue weighted by Gasteiger charge is -2.27. The molecule has 2 saturated heterocycles. The summed E-state index contributed by atoms with van der Waals surface area (Å²) in [5, 5.41) is 2.89. The summed E-state index contributed by atoms with van der Waals surface area (Å²) >= 11 is 7.11. The van der Waals surface area contributed by atoms with Crippen molar-refractivity contribution in [2.45, 2.75) is 25.7 Å². The van der Waals surface area contributed by atoms with Gasteiger partial charge in [-0.05, 0) is 49.2 Å². The van der Waals surface area contributed by atoms with E-state index in [1.165, 1.54) is 11.3 Å². The SMILES string of the molecule is O=C(NC[C@@H]1CC(=O)N(c2ccc(N3CCCCC3=O)cc2)C1)c1ccc(Cl)s1. The highest BCUT2D eigenvalue weighted by atomic mass is 35.5. The van der Waals surface area contributed by atoms with E-state index in [9.17, 15) is 14.4 Å². The Kier molecular flexibility index (Phi) is 5.87. The fourth-order valence-electron chi connectivity index (χ4n) is 3.82. The van der Waals surface area contributed by atoms with Crippen molar-refractivity contribution in [3.8, 4) is 0 Å². The van der Waals surface area contributed by atoms with Crippen LogP contribution in [0.3, 0.4) is 0 Å². The summed E-state index contributed by atoms with van der Waals surface area (Å²) in [4.78, 5) is 40.9. The molecule has 1 aromatic heterocycles. The van der Waals surface area contributed by atoms with Gasteiger partial charge in [0.05, 0.1) is 9.21 Å². The standard InChI is InChI=1S/C21H22ClN3O3S/c22-18-9-8-17(29-18)21(28)23-12-14-11-20(27)25(13-14)16-6-4-15(5-7-16)24-10-2-1-3-19(24)26/h4-9,14H,1-3,10-13H2,(H,23,28)/t14-/m0/s1. The number of rotatable bonds is 5. The van der Waals surface area contributed by atoms with Crippen LogP contribution in [0, 0.1) is 5.92 Å². The number of thiophene rings is 1. The number of anilines is 2. The fraction of sp³-hybridized carbons (Fsp3) is 0.381. The number of carbonyl (C=O) groups is 3. The van der Waals surface area contributed by atoms with Crippen molar-refractivity contribution in [2.75, 3.05) is 29.4 Å². The molecule has 29 heavy (non-hydrogen) atoms. The number of carbonyl (C=O) groups excluding carboxylic acids is 3. The third-order valence-electron chi connectivity index (χ3n) is 5.35. The molecule has 6 nitrogen and oxygen atoms in total. The molecule has 4 rings (SSSR count). The second-order valence-corrected chi connectivity index (χ2v) is 9.12. The van der Waals surface area contributed by atoms with Gasteiger partial charge in [0.2, 0.25) is 11.8 Å². The Hall–Kier alpha value is -2.38. The summed E-state index contributed by atoms with van der Waals surface area (Å²) < 4.78 is 0.576. The number of nitrogens with one attached hydrogen (secondary N) is 1. The molecule has 0 unspecified atom stereocenters. The molecular weight excluding hydrogens is 410 g/mol. The predicted octanol–water partition coefficient (Wildman–Crippen LogP) is 3.70. The molecule has 2 aliphatic heterocycles. The number of hydrogen-bond acceptors (Lipinski definition) is 4. The Labute approximate surface area is 178 Å². The van der Waals surface area contributed by atoms with Gasteiger partial charge in [0, 0.05) is 49.8 Å². The Balaban J connectivity index is 1.35. The quantitative estimate of drug-likeness (QED) is 0.784. The molecule has 0 saturated carbocycles. The number of amides is 3. The second-order valence-electron chi connectivity index (χ2n) is 7.41. The maximum atomic E-state index is 12.5. The highest BCUT2D eigenvalue weighted by Crippen LogP contribution is 2.28. The smallest absolute Gasteiger partial charge is 0.261 e. The lowest BCUT2D eigenvalue weighted by atomic mass is 10.1. The first kappa shape index (κ1) is 19.9. The Morgan fingerprint density at radius 2 is 1.76 bits per heavy atom. The normalized spacial score (nSPS) is 19.7. The van der Waals surface area contributed by atoms with Gasteiger partial charge in [-0.2, -0.15) is 0 Å². The van der Waals surface area contributed by atoms with Gasteiger partial charge in [-0.25, -0.2) is 0 Å². The van der Waals surface area contributed by atoms with E-state index in [2.05, 4.69) is 5.32 Å². The van der Waals surface area contributed by atoms with Crippen molar-refractivity contribution in [3.63, 3.8) is 0 Å². The van der Waals surface area contributed by atoms with Crippen LogP contribution in [-0.4, -0.2) is 37.4 Å². The topological polar surface area (TPSA) is 69.7 Å². The van der Waals surface area contributed by atoms with E-state index in [4.69, 9.17) is 11.6 Å². The van der Waals surface area contributed by atoms with Gasteiger partial charge in [-0.1, -0.05) is 11.6 Å². The van der Waals surface area contributed by atoms with E-state index in [1.807, 2.05) is 29.2 Å². The van der Waals surface area contributed by atoms with Gasteiger partial charge in [0.25, 0.3) is 5.91 Å². The van der Waals surface area contributed by atoms with Crippen LogP contribution in [0.25, 0.3) is 0 Å². The maximum absolute atomic E-state index is 12.5. The molecule has 3 heterocycles. The van der Waals surface area contributed by atoms with E-state index < -0.39 is 0 Å². The van der Waals surface area contributed by atoms with Crippen LogP contribution in [0.15, 0.2) is 36.4 Å². The maximum Gasteiger partial charge on any atom is 0.261 e. The van der Waals surface area contributed by atoms with Crippen LogP contribution < -0.4 is 15.1 Å². The van der Waals surface area contributed by atoms with Gasteiger partial charge in [0.1, 0.15) is 0 Å². The summed E-state index contributed by atoms with van der Waals surface area (Å²) in [7, 11) is 0. The molecule has 0 bridgehead atoms. The first-order chi connectivity index (χ1) is 14.0. The van der Waals surface area contributed by atoms with Crippen LogP contribution in [0.4, 0.5) is 11.4 Å². The molecular formula is C21H22ClN3O3S.